The Hall–Kier alpha value is -2.09. The highest BCUT2D eigenvalue weighted by atomic mass is 16.2. The minimum atomic E-state index is 0.177. The maximum atomic E-state index is 12.7. The van der Waals surface area contributed by atoms with E-state index in [0.29, 0.717) is 18.4 Å². The lowest BCUT2D eigenvalue weighted by Crippen LogP contribution is -2.31. The van der Waals surface area contributed by atoms with E-state index < -0.39 is 0 Å². The van der Waals surface area contributed by atoms with E-state index in [1.807, 2.05) is 29.2 Å². The molecule has 1 aliphatic rings. The fourth-order valence-corrected chi connectivity index (χ4v) is 2.92. The highest BCUT2D eigenvalue weighted by Gasteiger charge is 2.45. The number of rotatable bonds is 5. The molecule has 2 nitrogen and oxygen atoms in total. The fraction of sp³-hybridized carbons (Fsp3) is 0.316. The molecule has 0 unspecified atom stereocenters. The lowest BCUT2D eigenvalue weighted by Gasteiger charge is -2.21. The molecule has 2 aromatic rings. The third-order valence-electron chi connectivity index (χ3n) is 4.25. The van der Waals surface area contributed by atoms with Crippen molar-refractivity contribution < 1.29 is 4.79 Å². The third-order valence-corrected chi connectivity index (χ3v) is 4.25. The minimum absolute atomic E-state index is 0.177. The van der Waals surface area contributed by atoms with Crippen molar-refractivity contribution in [1.82, 2.24) is 4.90 Å². The lowest BCUT2D eigenvalue weighted by atomic mass is 10.1. The van der Waals surface area contributed by atoms with E-state index in [1.165, 1.54) is 11.1 Å². The van der Waals surface area contributed by atoms with Gasteiger partial charge in [0.25, 0.3) is 0 Å². The van der Waals surface area contributed by atoms with Crippen molar-refractivity contribution in [2.24, 2.45) is 5.92 Å². The Morgan fingerprint density at radius 1 is 1.05 bits per heavy atom. The Labute approximate surface area is 126 Å². The first-order valence-electron chi connectivity index (χ1n) is 7.67. The van der Waals surface area contributed by atoms with Gasteiger partial charge in [0.15, 0.2) is 0 Å². The summed E-state index contributed by atoms with van der Waals surface area (Å²) in [4.78, 5) is 14.6. The molecule has 0 spiro atoms. The van der Waals surface area contributed by atoms with Crippen molar-refractivity contribution in [3.63, 3.8) is 0 Å². The SMILES string of the molecule is CCN(Cc1ccccc1)C(=O)[C@@H]1C[C@H]1c1ccccc1. The van der Waals surface area contributed by atoms with Gasteiger partial charge in [-0.25, -0.2) is 0 Å². The second-order valence-corrected chi connectivity index (χ2v) is 5.70. The van der Waals surface area contributed by atoms with Gasteiger partial charge in [0.1, 0.15) is 0 Å². The maximum absolute atomic E-state index is 12.7. The Bertz CT molecular complexity index is 593. The van der Waals surface area contributed by atoms with Crippen molar-refractivity contribution >= 4 is 5.91 Å². The van der Waals surface area contributed by atoms with E-state index in [2.05, 4.69) is 43.3 Å². The van der Waals surface area contributed by atoms with E-state index in [9.17, 15) is 4.79 Å². The molecule has 1 aliphatic carbocycles. The van der Waals surface area contributed by atoms with E-state index in [-0.39, 0.29) is 5.92 Å². The summed E-state index contributed by atoms with van der Waals surface area (Å²) >= 11 is 0. The third kappa shape index (κ3) is 3.15. The molecule has 3 rings (SSSR count). The zero-order chi connectivity index (χ0) is 14.7. The molecule has 1 fully saturated rings. The van der Waals surface area contributed by atoms with Gasteiger partial charge in [0, 0.05) is 19.0 Å². The van der Waals surface area contributed by atoms with Crippen LogP contribution in [0.25, 0.3) is 0 Å². The van der Waals surface area contributed by atoms with Gasteiger partial charge in [0.05, 0.1) is 0 Å². The molecule has 0 aromatic heterocycles. The minimum Gasteiger partial charge on any atom is -0.338 e. The zero-order valence-electron chi connectivity index (χ0n) is 12.4. The van der Waals surface area contributed by atoms with Crippen molar-refractivity contribution in [2.45, 2.75) is 25.8 Å². The molecule has 21 heavy (non-hydrogen) atoms. The van der Waals surface area contributed by atoms with Gasteiger partial charge in [-0.2, -0.15) is 0 Å². The van der Waals surface area contributed by atoms with Crippen molar-refractivity contribution in [1.29, 1.82) is 0 Å². The second kappa shape index (κ2) is 6.13. The van der Waals surface area contributed by atoms with Crippen LogP contribution in [0.2, 0.25) is 0 Å². The smallest absolute Gasteiger partial charge is 0.226 e. The zero-order valence-corrected chi connectivity index (χ0v) is 12.4. The molecule has 2 heteroatoms. The van der Waals surface area contributed by atoms with Crippen LogP contribution >= 0.6 is 0 Å². The summed E-state index contributed by atoms with van der Waals surface area (Å²) in [7, 11) is 0. The summed E-state index contributed by atoms with van der Waals surface area (Å²) < 4.78 is 0. The average molecular weight is 279 g/mol. The van der Waals surface area contributed by atoms with Gasteiger partial charge >= 0.3 is 0 Å². The summed E-state index contributed by atoms with van der Waals surface area (Å²) in [5.41, 5.74) is 2.50. The van der Waals surface area contributed by atoms with E-state index in [4.69, 9.17) is 0 Å². The van der Waals surface area contributed by atoms with Crippen LogP contribution in [0, 0.1) is 5.92 Å². The van der Waals surface area contributed by atoms with Crippen LogP contribution in [-0.2, 0) is 11.3 Å². The average Bonchev–Trinajstić information content (AvgIpc) is 3.34. The van der Waals surface area contributed by atoms with E-state index in [0.717, 1.165) is 13.0 Å². The van der Waals surface area contributed by atoms with Crippen molar-refractivity contribution in [3.05, 3.63) is 71.8 Å². The van der Waals surface area contributed by atoms with Gasteiger partial charge in [-0.15, -0.1) is 0 Å². The van der Waals surface area contributed by atoms with Crippen LogP contribution in [0.15, 0.2) is 60.7 Å². The van der Waals surface area contributed by atoms with E-state index in [1.54, 1.807) is 0 Å². The van der Waals surface area contributed by atoms with Crippen LogP contribution in [-0.4, -0.2) is 17.4 Å². The molecule has 0 aliphatic heterocycles. The molecular formula is C19H21NO. The van der Waals surface area contributed by atoms with Crippen LogP contribution < -0.4 is 0 Å². The summed E-state index contributed by atoms with van der Waals surface area (Å²) in [6.07, 6.45) is 0.994. The number of hydrogen-bond donors (Lipinski definition) is 0. The standard InChI is InChI=1S/C19H21NO/c1-2-20(14-15-9-5-3-6-10-15)19(21)18-13-17(18)16-11-7-4-8-12-16/h3-12,17-18H,2,13-14H2,1H3/t17-,18+/m0/s1. The number of carbonyl (C=O) groups excluding carboxylic acids is 1. The Morgan fingerprint density at radius 3 is 2.29 bits per heavy atom. The van der Waals surface area contributed by atoms with Gasteiger partial charge in [-0.05, 0) is 30.4 Å². The number of hydrogen-bond acceptors (Lipinski definition) is 1. The van der Waals surface area contributed by atoms with Crippen molar-refractivity contribution in [2.75, 3.05) is 6.54 Å². The predicted octanol–water partition coefficient (Wildman–Crippen LogP) is 3.84. The molecule has 0 N–H and O–H groups in total. The number of carbonyl (C=O) groups is 1. The first-order chi connectivity index (χ1) is 10.3. The molecule has 0 radical (unpaired) electrons. The number of amides is 1. The lowest BCUT2D eigenvalue weighted by molar-refractivity contribution is -0.133. The summed E-state index contributed by atoms with van der Waals surface area (Å²) in [5.74, 6) is 0.898. The van der Waals surface area contributed by atoms with E-state index >= 15 is 0 Å². The Balaban J connectivity index is 1.65. The Morgan fingerprint density at radius 2 is 1.67 bits per heavy atom. The van der Waals surface area contributed by atoms with Crippen molar-refractivity contribution in [3.8, 4) is 0 Å². The Kier molecular flexibility index (Phi) is 4.05. The molecule has 1 saturated carbocycles. The summed E-state index contributed by atoms with van der Waals surface area (Å²) in [5, 5.41) is 0. The quantitative estimate of drug-likeness (QED) is 0.814. The van der Waals surface area contributed by atoms with Gasteiger partial charge < -0.3 is 4.90 Å². The highest BCUT2D eigenvalue weighted by molar-refractivity contribution is 5.83. The topological polar surface area (TPSA) is 20.3 Å². The number of nitrogens with zero attached hydrogens (tertiary/aromatic N) is 1. The summed E-state index contributed by atoms with van der Waals surface area (Å²) in [6.45, 7) is 3.54. The van der Waals surface area contributed by atoms with Crippen LogP contribution in [0.5, 0.6) is 0 Å². The van der Waals surface area contributed by atoms with Gasteiger partial charge in [-0.3, -0.25) is 4.79 Å². The van der Waals surface area contributed by atoms with Crippen LogP contribution in [0.4, 0.5) is 0 Å². The first-order valence-corrected chi connectivity index (χ1v) is 7.67. The molecule has 2 atom stereocenters. The maximum Gasteiger partial charge on any atom is 0.226 e. The second-order valence-electron chi connectivity index (χ2n) is 5.70. The molecule has 0 saturated heterocycles. The fourth-order valence-electron chi connectivity index (χ4n) is 2.92. The highest BCUT2D eigenvalue weighted by Crippen LogP contribution is 2.48. The molecule has 1 amide bonds. The van der Waals surface area contributed by atoms with Crippen LogP contribution in [0.1, 0.15) is 30.4 Å². The molecule has 0 bridgehead atoms. The molecular weight excluding hydrogens is 258 g/mol. The largest absolute Gasteiger partial charge is 0.338 e. The molecule has 2 aromatic carbocycles. The number of benzene rings is 2. The van der Waals surface area contributed by atoms with Crippen LogP contribution in [0.3, 0.4) is 0 Å². The molecule has 108 valence electrons. The first kappa shape index (κ1) is 13.9. The normalized spacial score (nSPS) is 20.0. The predicted molar refractivity (Wildman–Crippen MR) is 84.8 cm³/mol. The van der Waals surface area contributed by atoms with Gasteiger partial charge in [-0.1, -0.05) is 60.7 Å². The van der Waals surface area contributed by atoms with Gasteiger partial charge in [0.2, 0.25) is 5.91 Å². The molecule has 0 heterocycles. The monoisotopic (exact) mass is 279 g/mol. The summed E-state index contributed by atoms with van der Waals surface area (Å²) in [6, 6.07) is 20.6.